The zero-order valence-corrected chi connectivity index (χ0v) is 17.7. The highest BCUT2D eigenvalue weighted by Gasteiger charge is 2.03. The van der Waals surface area contributed by atoms with E-state index in [9.17, 15) is 0 Å². The molecule has 0 unspecified atom stereocenters. The van der Waals surface area contributed by atoms with Crippen LogP contribution in [-0.2, 0) is 0 Å². The molecule has 0 aliphatic heterocycles. The number of rotatable bonds is 7. The van der Waals surface area contributed by atoms with Crippen LogP contribution >= 0.6 is 0 Å². The van der Waals surface area contributed by atoms with Crippen LogP contribution in [0.4, 0.5) is 23.3 Å². The van der Waals surface area contributed by atoms with Gasteiger partial charge in [0, 0.05) is 52.0 Å². The van der Waals surface area contributed by atoms with Crippen molar-refractivity contribution in [2.75, 3.05) is 38.0 Å². The molecule has 152 valence electrons. The smallest absolute Gasteiger partial charge is 0.254 e. The first kappa shape index (κ1) is 20.9. The van der Waals surface area contributed by atoms with Crippen molar-refractivity contribution in [2.45, 2.75) is 0 Å². The Morgan fingerprint density at radius 3 is 1.40 bits per heavy atom. The number of hydrogen-bond acceptors (Lipinski definition) is 7. The van der Waals surface area contributed by atoms with Gasteiger partial charge in [0.05, 0.1) is 0 Å². The van der Waals surface area contributed by atoms with E-state index in [0.717, 1.165) is 22.5 Å². The molecule has 0 spiro atoms. The zero-order chi connectivity index (χ0) is 21.5. The van der Waals surface area contributed by atoms with Crippen molar-refractivity contribution in [3.63, 3.8) is 0 Å². The standard InChI is InChI=1S/C23H25N7/c1-6-21-26-22(24-15-17-7-11-19(12-8-17)29(2)3)28-23(27-21)25-16-18-9-13-20(14-10-18)30(4)5/h6-16H,1H2,2-5H3/b24-15+,25-16+. The van der Waals surface area contributed by atoms with E-state index < -0.39 is 0 Å². The molecule has 0 bridgehead atoms. The van der Waals surface area contributed by atoms with Gasteiger partial charge in [-0.05, 0) is 41.5 Å². The summed E-state index contributed by atoms with van der Waals surface area (Å²) in [5, 5.41) is 0. The van der Waals surface area contributed by atoms with Gasteiger partial charge >= 0.3 is 0 Å². The highest BCUT2D eigenvalue weighted by atomic mass is 15.2. The van der Waals surface area contributed by atoms with E-state index in [-0.39, 0.29) is 11.9 Å². The number of hydrogen-bond donors (Lipinski definition) is 0. The van der Waals surface area contributed by atoms with Crippen molar-refractivity contribution in [3.05, 3.63) is 72.1 Å². The van der Waals surface area contributed by atoms with Gasteiger partial charge in [0.1, 0.15) is 0 Å². The van der Waals surface area contributed by atoms with Crippen LogP contribution in [0, 0.1) is 0 Å². The maximum atomic E-state index is 4.38. The summed E-state index contributed by atoms with van der Waals surface area (Å²) in [4.78, 5) is 25.7. The van der Waals surface area contributed by atoms with E-state index in [1.807, 2.05) is 86.5 Å². The minimum absolute atomic E-state index is 0.284. The van der Waals surface area contributed by atoms with Gasteiger partial charge in [-0.2, -0.15) is 15.0 Å². The van der Waals surface area contributed by atoms with Crippen LogP contribution in [0.3, 0.4) is 0 Å². The number of anilines is 2. The maximum absolute atomic E-state index is 4.38. The quantitative estimate of drug-likeness (QED) is 0.558. The minimum atomic E-state index is 0.284. The molecule has 0 aliphatic rings. The van der Waals surface area contributed by atoms with E-state index in [4.69, 9.17) is 0 Å². The minimum Gasteiger partial charge on any atom is -0.378 e. The van der Waals surface area contributed by atoms with Gasteiger partial charge < -0.3 is 9.80 Å². The van der Waals surface area contributed by atoms with Crippen molar-refractivity contribution in [2.24, 2.45) is 9.98 Å². The Labute approximate surface area is 177 Å². The lowest BCUT2D eigenvalue weighted by Gasteiger charge is -2.11. The van der Waals surface area contributed by atoms with Gasteiger partial charge in [-0.1, -0.05) is 30.8 Å². The predicted molar refractivity (Wildman–Crippen MR) is 126 cm³/mol. The molecular weight excluding hydrogens is 374 g/mol. The maximum Gasteiger partial charge on any atom is 0.254 e. The zero-order valence-electron chi connectivity index (χ0n) is 17.7. The molecule has 3 rings (SSSR count). The highest BCUT2D eigenvalue weighted by Crippen LogP contribution is 2.15. The normalized spacial score (nSPS) is 11.2. The molecule has 2 aromatic carbocycles. The lowest BCUT2D eigenvalue weighted by Crippen LogP contribution is -2.08. The predicted octanol–water partition coefficient (Wildman–Crippen LogP) is 4.15. The van der Waals surface area contributed by atoms with Crippen molar-refractivity contribution < 1.29 is 0 Å². The first-order valence-corrected chi connectivity index (χ1v) is 9.46. The van der Waals surface area contributed by atoms with Gasteiger partial charge in [-0.15, -0.1) is 0 Å². The van der Waals surface area contributed by atoms with E-state index in [0.29, 0.717) is 5.82 Å². The molecule has 7 heteroatoms. The molecule has 30 heavy (non-hydrogen) atoms. The Morgan fingerprint density at radius 1 is 0.667 bits per heavy atom. The van der Waals surface area contributed by atoms with Crippen molar-refractivity contribution in [1.29, 1.82) is 0 Å². The Kier molecular flexibility index (Phi) is 6.64. The summed E-state index contributed by atoms with van der Waals surface area (Å²) in [7, 11) is 8.01. The fourth-order valence-corrected chi connectivity index (χ4v) is 2.56. The van der Waals surface area contributed by atoms with Crippen LogP contribution in [0.1, 0.15) is 17.0 Å². The lowest BCUT2D eigenvalue weighted by atomic mass is 10.2. The Hall–Kier alpha value is -3.87. The first-order chi connectivity index (χ1) is 14.4. The fraction of sp³-hybridized carbons (Fsp3) is 0.174. The van der Waals surface area contributed by atoms with Crippen LogP contribution in [0.15, 0.2) is 65.1 Å². The summed E-state index contributed by atoms with van der Waals surface area (Å²) in [6, 6.07) is 16.1. The molecule has 0 N–H and O–H groups in total. The van der Waals surface area contributed by atoms with Gasteiger partial charge in [-0.3, -0.25) is 0 Å². The lowest BCUT2D eigenvalue weighted by molar-refractivity contribution is 1.01. The molecule has 0 radical (unpaired) electrons. The second-order valence-corrected chi connectivity index (χ2v) is 6.99. The summed E-state index contributed by atoms with van der Waals surface area (Å²) in [5.41, 5.74) is 4.15. The van der Waals surface area contributed by atoms with E-state index in [2.05, 4.69) is 31.5 Å². The van der Waals surface area contributed by atoms with Gasteiger partial charge in [-0.25, -0.2) is 9.98 Å². The molecular formula is C23H25N7. The number of aromatic nitrogens is 3. The third kappa shape index (κ3) is 5.57. The molecule has 3 aromatic rings. The van der Waals surface area contributed by atoms with Gasteiger partial charge in [0.2, 0.25) is 0 Å². The molecule has 0 aliphatic carbocycles. The Morgan fingerprint density at radius 2 is 1.07 bits per heavy atom. The first-order valence-electron chi connectivity index (χ1n) is 9.46. The van der Waals surface area contributed by atoms with Crippen LogP contribution in [-0.4, -0.2) is 55.6 Å². The molecule has 0 saturated heterocycles. The monoisotopic (exact) mass is 399 g/mol. The van der Waals surface area contributed by atoms with E-state index in [1.165, 1.54) is 0 Å². The molecule has 0 fully saturated rings. The third-order valence-corrected chi connectivity index (χ3v) is 4.29. The van der Waals surface area contributed by atoms with E-state index in [1.54, 1.807) is 18.5 Å². The van der Waals surface area contributed by atoms with Crippen molar-refractivity contribution in [1.82, 2.24) is 15.0 Å². The average molecular weight is 400 g/mol. The van der Waals surface area contributed by atoms with Gasteiger partial charge in [0.15, 0.2) is 5.82 Å². The Balaban J connectivity index is 1.79. The molecule has 0 atom stereocenters. The molecule has 1 aromatic heterocycles. The second-order valence-electron chi connectivity index (χ2n) is 6.99. The number of aliphatic imine (C=N–C) groups is 2. The van der Waals surface area contributed by atoms with Crippen LogP contribution in [0.2, 0.25) is 0 Å². The fourth-order valence-electron chi connectivity index (χ4n) is 2.56. The summed E-state index contributed by atoms with van der Waals surface area (Å²) in [6.45, 7) is 3.74. The SMILES string of the molecule is C=Cc1nc(/N=C/c2ccc(N(C)C)cc2)nc(/N=C/c2ccc(N(C)C)cc2)n1. The largest absolute Gasteiger partial charge is 0.378 e. The molecule has 0 saturated carbocycles. The molecule has 7 nitrogen and oxygen atoms in total. The number of benzene rings is 2. The Bertz CT molecular complexity index is 970. The summed E-state index contributed by atoms with van der Waals surface area (Å²) in [5.74, 6) is 0.994. The van der Waals surface area contributed by atoms with Crippen LogP contribution < -0.4 is 9.80 Å². The molecule has 1 heterocycles. The highest BCUT2D eigenvalue weighted by molar-refractivity contribution is 5.83. The number of nitrogens with zero attached hydrogens (tertiary/aromatic N) is 7. The van der Waals surface area contributed by atoms with Gasteiger partial charge in [0.25, 0.3) is 11.9 Å². The molecule has 0 amide bonds. The summed E-state index contributed by atoms with van der Waals surface area (Å²) >= 11 is 0. The topological polar surface area (TPSA) is 69.9 Å². The average Bonchev–Trinajstić information content (AvgIpc) is 2.76. The summed E-state index contributed by atoms with van der Waals surface area (Å²) in [6.07, 6.45) is 4.99. The van der Waals surface area contributed by atoms with Crippen LogP contribution in [0.5, 0.6) is 0 Å². The van der Waals surface area contributed by atoms with Crippen molar-refractivity contribution >= 4 is 41.8 Å². The third-order valence-electron chi connectivity index (χ3n) is 4.29. The summed E-state index contributed by atoms with van der Waals surface area (Å²) < 4.78 is 0. The second kappa shape index (κ2) is 9.56. The van der Waals surface area contributed by atoms with Crippen LogP contribution in [0.25, 0.3) is 6.08 Å². The van der Waals surface area contributed by atoms with E-state index >= 15 is 0 Å². The van der Waals surface area contributed by atoms with Crippen molar-refractivity contribution in [3.8, 4) is 0 Å².